The van der Waals surface area contributed by atoms with Crippen LogP contribution in [0.4, 0.5) is 0 Å². The van der Waals surface area contributed by atoms with E-state index in [0.29, 0.717) is 18.5 Å². The van der Waals surface area contributed by atoms with Crippen LogP contribution in [-0.2, 0) is 4.79 Å². The Kier molecular flexibility index (Phi) is 4.55. The first-order valence-electron chi connectivity index (χ1n) is 6.49. The van der Waals surface area contributed by atoms with Crippen molar-refractivity contribution in [1.82, 2.24) is 10.2 Å². The molecule has 2 atom stereocenters. The second kappa shape index (κ2) is 5.36. The zero-order valence-corrected chi connectivity index (χ0v) is 11.7. The van der Waals surface area contributed by atoms with Crippen LogP contribution in [0.5, 0.6) is 0 Å². The summed E-state index contributed by atoms with van der Waals surface area (Å²) < 4.78 is 0. The van der Waals surface area contributed by atoms with Gasteiger partial charge in [-0.3, -0.25) is 10.1 Å². The van der Waals surface area contributed by atoms with Crippen molar-refractivity contribution in [3.8, 4) is 0 Å². The molecule has 1 aliphatic rings. The predicted molar refractivity (Wildman–Crippen MR) is 69.2 cm³/mol. The van der Waals surface area contributed by atoms with Crippen LogP contribution in [0.15, 0.2) is 0 Å². The number of nitrogens with one attached hydrogen (secondary N) is 1. The summed E-state index contributed by atoms with van der Waals surface area (Å²) in [5.41, 5.74) is -0.802. The topological polar surface area (TPSA) is 52.6 Å². The highest BCUT2D eigenvalue weighted by molar-refractivity contribution is 5.78. The number of hydrogen-bond acceptors (Lipinski definition) is 3. The fourth-order valence-corrected chi connectivity index (χ4v) is 2.13. The van der Waals surface area contributed by atoms with E-state index < -0.39 is 11.5 Å². The molecule has 1 fully saturated rings. The summed E-state index contributed by atoms with van der Waals surface area (Å²) in [5, 5.41) is 12.7. The van der Waals surface area contributed by atoms with E-state index in [0.717, 1.165) is 12.8 Å². The van der Waals surface area contributed by atoms with E-state index in [4.69, 9.17) is 0 Å². The van der Waals surface area contributed by atoms with Crippen LogP contribution in [0.25, 0.3) is 0 Å². The van der Waals surface area contributed by atoms with Crippen molar-refractivity contribution in [3.05, 3.63) is 0 Å². The van der Waals surface area contributed by atoms with E-state index in [9.17, 15) is 9.90 Å². The number of nitrogens with zero attached hydrogens (tertiary/aromatic N) is 1. The first-order chi connectivity index (χ1) is 7.76. The van der Waals surface area contributed by atoms with E-state index in [1.54, 1.807) is 6.92 Å². The minimum atomic E-state index is -0.802. The lowest BCUT2D eigenvalue weighted by molar-refractivity contribution is -0.145. The van der Waals surface area contributed by atoms with E-state index in [1.165, 1.54) is 0 Å². The summed E-state index contributed by atoms with van der Waals surface area (Å²) in [6.45, 7) is 8.15. The Labute approximate surface area is 104 Å². The molecule has 0 bridgehead atoms. The van der Waals surface area contributed by atoms with Gasteiger partial charge in [0.15, 0.2) is 0 Å². The Bertz CT molecular complexity index is 277. The van der Waals surface area contributed by atoms with Crippen molar-refractivity contribution in [1.29, 1.82) is 0 Å². The highest BCUT2D eigenvalue weighted by Gasteiger charge is 2.40. The Hall–Kier alpha value is -0.610. The number of hydrogen-bond donors (Lipinski definition) is 2. The van der Waals surface area contributed by atoms with Crippen molar-refractivity contribution in [2.45, 2.75) is 70.6 Å². The van der Waals surface area contributed by atoms with Crippen molar-refractivity contribution in [2.75, 3.05) is 7.05 Å². The Morgan fingerprint density at radius 3 is 2.35 bits per heavy atom. The number of carboxylic acid groups (broad SMARTS) is 1. The fraction of sp³-hybridized carbons (Fsp3) is 0.923. The predicted octanol–water partition coefficient (Wildman–Crippen LogP) is 1.70. The van der Waals surface area contributed by atoms with Gasteiger partial charge < -0.3 is 10.0 Å². The van der Waals surface area contributed by atoms with Gasteiger partial charge >= 0.3 is 5.97 Å². The van der Waals surface area contributed by atoms with Gasteiger partial charge in [0.1, 0.15) is 5.54 Å². The van der Waals surface area contributed by atoms with Gasteiger partial charge in [0.05, 0.1) is 0 Å². The van der Waals surface area contributed by atoms with Crippen LogP contribution in [-0.4, -0.2) is 46.7 Å². The normalized spacial score (nSPS) is 21.6. The average Bonchev–Trinajstić information content (AvgIpc) is 2.99. The maximum Gasteiger partial charge on any atom is 0.323 e. The van der Waals surface area contributed by atoms with Crippen LogP contribution < -0.4 is 5.32 Å². The maximum atomic E-state index is 11.4. The molecule has 0 amide bonds. The molecule has 4 heteroatoms. The number of carbonyl (C=O) groups is 1. The molecule has 0 spiro atoms. The van der Waals surface area contributed by atoms with Gasteiger partial charge in [-0.05, 0) is 54.0 Å². The molecule has 1 rings (SSSR count). The minimum absolute atomic E-state index is 0.252. The molecule has 100 valence electrons. The standard InChI is InChI=1S/C13H26N2O2/c1-9(2)15(5)10(3)8-13(4,12(16)17)14-11-6-7-11/h9-11,14H,6-8H2,1-5H3,(H,16,17). The van der Waals surface area contributed by atoms with Crippen molar-refractivity contribution < 1.29 is 9.90 Å². The molecule has 0 saturated heterocycles. The molecule has 1 aliphatic carbocycles. The summed E-state index contributed by atoms with van der Waals surface area (Å²) in [4.78, 5) is 13.6. The summed E-state index contributed by atoms with van der Waals surface area (Å²) in [7, 11) is 2.05. The first kappa shape index (κ1) is 14.5. The van der Waals surface area contributed by atoms with Gasteiger partial charge in [0.25, 0.3) is 0 Å². The van der Waals surface area contributed by atoms with E-state index in [1.807, 2.05) is 0 Å². The van der Waals surface area contributed by atoms with E-state index in [-0.39, 0.29) is 6.04 Å². The molecule has 0 heterocycles. The van der Waals surface area contributed by atoms with Crippen LogP contribution in [0.1, 0.15) is 47.0 Å². The largest absolute Gasteiger partial charge is 0.480 e. The molecule has 1 saturated carbocycles. The molecular formula is C13H26N2O2. The van der Waals surface area contributed by atoms with Crippen molar-refractivity contribution in [2.24, 2.45) is 0 Å². The SMILES string of the molecule is CC(C)N(C)C(C)CC(C)(NC1CC1)C(=O)O. The third-order valence-electron chi connectivity index (χ3n) is 3.79. The lowest BCUT2D eigenvalue weighted by Crippen LogP contribution is -2.54. The highest BCUT2D eigenvalue weighted by Crippen LogP contribution is 2.26. The third-order valence-corrected chi connectivity index (χ3v) is 3.79. The summed E-state index contributed by atoms with van der Waals surface area (Å²) in [5.74, 6) is -0.742. The lowest BCUT2D eigenvalue weighted by atomic mass is 9.92. The van der Waals surface area contributed by atoms with E-state index >= 15 is 0 Å². The Balaban J connectivity index is 2.61. The van der Waals surface area contributed by atoms with Gasteiger partial charge in [0.2, 0.25) is 0 Å². The monoisotopic (exact) mass is 242 g/mol. The molecule has 2 N–H and O–H groups in total. The molecular weight excluding hydrogens is 216 g/mol. The quantitative estimate of drug-likeness (QED) is 0.713. The number of rotatable bonds is 7. The third kappa shape index (κ3) is 3.96. The number of carboxylic acids is 1. The first-order valence-corrected chi connectivity index (χ1v) is 6.49. The van der Waals surface area contributed by atoms with Gasteiger partial charge in [0, 0.05) is 18.1 Å². The Morgan fingerprint density at radius 1 is 1.47 bits per heavy atom. The number of aliphatic carboxylic acids is 1. The van der Waals surface area contributed by atoms with Crippen LogP contribution in [0, 0.1) is 0 Å². The lowest BCUT2D eigenvalue weighted by Gasteiger charge is -2.35. The summed E-state index contributed by atoms with van der Waals surface area (Å²) >= 11 is 0. The van der Waals surface area contributed by atoms with Gasteiger partial charge in [-0.1, -0.05) is 0 Å². The summed E-state index contributed by atoms with van der Waals surface area (Å²) in [6, 6.07) is 1.10. The maximum absolute atomic E-state index is 11.4. The van der Waals surface area contributed by atoms with Crippen LogP contribution >= 0.6 is 0 Å². The second-order valence-electron chi connectivity index (χ2n) is 5.87. The zero-order valence-electron chi connectivity index (χ0n) is 11.7. The molecule has 0 aromatic carbocycles. The molecule has 4 nitrogen and oxygen atoms in total. The highest BCUT2D eigenvalue weighted by atomic mass is 16.4. The van der Waals surface area contributed by atoms with E-state index in [2.05, 4.69) is 38.0 Å². The Morgan fingerprint density at radius 2 is 2.00 bits per heavy atom. The van der Waals surface area contributed by atoms with Crippen LogP contribution in [0.2, 0.25) is 0 Å². The molecule has 0 radical (unpaired) electrons. The zero-order chi connectivity index (χ0) is 13.2. The molecule has 17 heavy (non-hydrogen) atoms. The molecule has 2 unspecified atom stereocenters. The second-order valence-corrected chi connectivity index (χ2v) is 5.87. The molecule has 0 aromatic rings. The average molecular weight is 242 g/mol. The van der Waals surface area contributed by atoms with Crippen molar-refractivity contribution >= 4 is 5.97 Å². The van der Waals surface area contributed by atoms with Crippen LogP contribution in [0.3, 0.4) is 0 Å². The molecule has 0 aromatic heterocycles. The fourth-order valence-electron chi connectivity index (χ4n) is 2.13. The summed E-state index contributed by atoms with van der Waals surface area (Å²) in [6.07, 6.45) is 2.85. The van der Waals surface area contributed by atoms with Gasteiger partial charge in [-0.2, -0.15) is 0 Å². The smallest absolute Gasteiger partial charge is 0.323 e. The van der Waals surface area contributed by atoms with Gasteiger partial charge in [-0.15, -0.1) is 0 Å². The molecule has 0 aliphatic heterocycles. The minimum Gasteiger partial charge on any atom is -0.480 e. The van der Waals surface area contributed by atoms with Gasteiger partial charge in [-0.25, -0.2) is 0 Å². The van der Waals surface area contributed by atoms with Crippen molar-refractivity contribution in [3.63, 3.8) is 0 Å².